The van der Waals surface area contributed by atoms with Gasteiger partial charge in [0.25, 0.3) is 0 Å². The summed E-state index contributed by atoms with van der Waals surface area (Å²) in [5.74, 6) is 2.57. The molecule has 1 heterocycles. The molecule has 0 bridgehead atoms. The molecule has 1 aromatic heterocycles. The Labute approximate surface area is 95.5 Å². The molecular formula is C11H19N3S. The van der Waals surface area contributed by atoms with Crippen molar-refractivity contribution < 1.29 is 0 Å². The third kappa shape index (κ3) is 2.68. The van der Waals surface area contributed by atoms with Crippen LogP contribution in [0, 0.1) is 18.8 Å². The minimum Gasteiger partial charge on any atom is -0.358 e. The van der Waals surface area contributed by atoms with Gasteiger partial charge in [-0.3, -0.25) is 0 Å². The Bertz CT molecular complexity index is 323. The van der Waals surface area contributed by atoms with Gasteiger partial charge >= 0.3 is 0 Å². The maximum Gasteiger partial charge on any atom is 0.202 e. The Morgan fingerprint density at radius 1 is 1.27 bits per heavy atom. The van der Waals surface area contributed by atoms with Gasteiger partial charge < -0.3 is 5.32 Å². The van der Waals surface area contributed by atoms with Crippen LogP contribution >= 0.6 is 11.5 Å². The normalized spacial score (nSPS) is 31.5. The zero-order chi connectivity index (χ0) is 10.8. The zero-order valence-electron chi connectivity index (χ0n) is 9.66. The van der Waals surface area contributed by atoms with Crippen LogP contribution < -0.4 is 5.32 Å². The van der Waals surface area contributed by atoms with Crippen molar-refractivity contribution in [1.29, 1.82) is 0 Å². The van der Waals surface area contributed by atoms with E-state index in [2.05, 4.69) is 28.5 Å². The van der Waals surface area contributed by atoms with Gasteiger partial charge in [-0.15, -0.1) is 0 Å². The predicted octanol–water partition coefficient (Wildman–Crippen LogP) is 3.08. The summed E-state index contributed by atoms with van der Waals surface area (Å²) in [6.07, 6.45) is 3.86. The van der Waals surface area contributed by atoms with Gasteiger partial charge in [0, 0.05) is 17.6 Å². The summed E-state index contributed by atoms with van der Waals surface area (Å²) >= 11 is 1.47. The topological polar surface area (TPSA) is 37.8 Å². The lowest BCUT2D eigenvalue weighted by Crippen LogP contribution is -2.30. The molecule has 15 heavy (non-hydrogen) atoms. The van der Waals surface area contributed by atoms with Gasteiger partial charge in [0.15, 0.2) is 0 Å². The van der Waals surface area contributed by atoms with E-state index >= 15 is 0 Å². The molecule has 1 aromatic rings. The Hall–Kier alpha value is -0.640. The smallest absolute Gasteiger partial charge is 0.202 e. The Kier molecular flexibility index (Phi) is 3.24. The molecule has 84 valence electrons. The Morgan fingerprint density at radius 2 is 2.07 bits per heavy atom. The lowest BCUT2D eigenvalue weighted by Gasteiger charge is -2.32. The summed E-state index contributed by atoms with van der Waals surface area (Å²) < 4.78 is 4.18. The minimum atomic E-state index is 0.601. The molecule has 0 saturated heterocycles. The molecular weight excluding hydrogens is 206 g/mol. The molecule has 0 aliphatic heterocycles. The number of nitrogens with zero attached hydrogens (tertiary/aromatic N) is 2. The second-order valence-corrected chi connectivity index (χ2v) is 5.51. The molecule has 1 saturated carbocycles. The number of hydrogen-bond donors (Lipinski definition) is 1. The zero-order valence-corrected chi connectivity index (χ0v) is 10.5. The maximum atomic E-state index is 4.35. The van der Waals surface area contributed by atoms with Gasteiger partial charge in [0.2, 0.25) is 5.13 Å². The molecule has 1 aliphatic carbocycles. The van der Waals surface area contributed by atoms with Crippen molar-refractivity contribution >= 4 is 16.7 Å². The standard InChI is InChI=1S/C11H19N3S/c1-7-4-5-10(6-8(7)2)13-11-12-9(3)14-15-11/h7-8,10H,4-6H2,1-3H3,(H,12,13,14). The van der Waals surface area contributed by atoms with E-state index in [1.165, 1.54) is 30.8 Å². The molecule has 3 nitrogen and oxygen atoms in total. The number of nitrogens with one attached hydrogen (secondary N) is 1. The highest BCUT2D eigenvalue weighted by Crippen LogP contribution is 2.31. The van der Waals surface area contributed by atoms with E-state index in [4.69, 9.17) is 0 Å². The summed E-state index contributed by atoms with van der Waals surface area (Å²) in [7, 11) is 0. The van der Waals surface area contributed by atoms with Crippen molar-refractivity contribution in [2.24, 2.45) is 11.8 Å². The van der Waals surface area contributed by atoms with Gasteiger partial charge in [0.1, 0.15) is 5.82 Å². The van der Waals surface area contributed by atoms with Crippen molar-refractivity contribution in [3.8, 4) is 0 Å². The molecule has 0 amide bonds. The van der Waals surface area contributed by atoms with Gasteiger partial charge in [-0.05, 0) is 38.0 Å². The summed E-state index contributed by atoms with van der Waals surface area (Å²) in [6.45, 7) is 6.65. The van der Waals surface area contributed by atoms with E-state index < -0.39 is 0 Å². The van der Waals surface area contributed by atoms with Crippen LogP contribution in [-0.4, -0.2) is 15.4 Å². The number of anilines is 1. The lowest BCUT2D eigenvalue weighted by atomic mass is 9.79. The van der Waals surface area contributed by atoms with Crippen molar-refractivity contribution in [2.75, 3.05) is 5.32 Å². The molecule has 2 rings (SSSR count). The predicted molar refractivity (Wildman–Crippen MR) is 64.2 cm³/mol. The largest absolute Gasteiger partial charge is 0.358 e. The van der Waals surface area contributed by atoms with Crippen LogP contribution in [0.1, 0.15) is 38.9 Å². The summed E-state index contributed by atoms with van der Waals surface area (Å²) in [5, 5.41) is 4.48. The van der Waals surface area contributed by atoms with Gasteiger partial charge in [-0.1, -0.05) is 13.8 Å². The molecule has 1 N–H and O–H groups in total. The quantitative estimate of drug-likeness (QED) is 0.840. The van der Waals surface area contributed by atoms with Crippen molar-refractivity contribution in [3.63, 3.8) is 0 Å². The minimum absolute atomic E-state index is 0.601. The summed E-state index contributed by atoms with van der Waals surface area (Å²) in [6, 6.07) is 0.601. The van der Waals surface area contributed by atoms with Crippen LogP contribution in [-0.2, 0) is 0 Å². The Morgan fingerprint density at radius 3 is 2.67 bits per heavy atom. The SMILES string of the molecule is Cc1nsc(NC2CCC(C)C(C)C2)n1. The summed E-state index contributed by atoms with van der Waals surface area (Å²) in [5.41, 5.74) is 0. The first-order valence-corrected chi connectivity index (χ1v) is 6.49. The average Bonchev–Trinajstić information content (AvgIpc) is 2.58. The molecule has 4 heteroatoms. The van der Waals surface area contributed by atoms with Gasteiger partial charge in [-0.25, -0.2) is 4.98 Å². The van der Waals surface area contributed by atoms with Crippen LogP contribution in [0.25, 0.3) is 0 Å². The molecule has 0 aromatic carbocycles. The molecule has 0 radical (unpaired) electrons. The number of aromatic nitrogens is 2. The highest BCUT2D eigenvalue weighted by atomic mass is 32.1. The van der Waals surface area contributed by atoms with Gasteiger partial charge in [-0.2, -0.15) is 4.37 Å². The summed E-state index contributed by atoms with van der Waals surface area (Å²) in [4.78, 5) is 4.35. The Balaban J connectivity index is 1.90. The molecule has 1 aliphatic rings. The maximum absolute atomic E-state index is 4.35. The van der Waals surface area contributed by atoms with Crippen LogP contribution in [0.2, 0.25) is 0 Å². The van der Waals surface area contributed by atoms with Crippen LogP contribution in [0.15, 0.2) is 0 Å². The first kappa shape index (κ1) is 10.9. The fraction of sp³-hybridized carbons (Fsp3) is 0.818. The number of aryl methyl sites for hydroxylation is 1. The highest BCUT2D eigenvalue weighted by Gasteiger charge is 2.24. The number of rotatable bonds is 2. The second kappa shape index (κ2) is 4.47. The van der Waals surface area contributed by atoms with E-state index in [-0.39, 0.29) is 0 Å². The third-order valence-corrected chi connectivity index (χ3v) is 4.19. The monoisotopic (exact) mass is 225 g/mol. The third-order valence-electron chi connectivity index (χ3n) is 3.45. The molecule has 1 fully saturated rings. The van der Waals surface area contributed by atoms with E-state index in [9.17, 15) is 0 Å². The van der Waals surface area contributed by atoms with E-state index in [0.29, 0.717) is 6.04 Å². The van der Waals surface area contributed by atoms with Crippen LogP contribution in [0.3, 0.4) is 0 Å². The molecule has 3 atom stereocenters. The van der Waals surface area contributed by atoms with E-state index in [1.807, 2.05) is 6.92 Å². The fourth-order valence-electron chi connectivity index (χ4n) is 2.21. The first-order valence-electron chi connectivity index (χ1n) is 5.72. The average molecular weight is 225 g/mol. The molecule has 3 unspecified atom stereocenters. The van der Waals surface area contributed by atoms with Crippen LogP contribution in [0.5, 0.6) is 0 Å². The number of hydrogen-bond acceptors (Lipinski definition) is 4. The van der Waals surface area contributed by atoms with Gasteiger partial charge in [0.05, 0.1) is 0 Å². The lowest BCUT2D eigenvalue weighted by molar-refractivity contribution is 0.261. The highest BCUT2D eigenvalue weighted by molar-refractivity contribution is 7.09. The second-order valence-electron chi connectivity index (χ2n) is 4.76. The van der Waals surface area contributed by atoms with Crippen molar-refractivity contribution in [3.05, 3.63) is 5.82 Å². The molecule has 0 spiro atoms. The fourth-order valence-corrected chi connectivity index (χ4v) is 2.86. The van der Waals surface area contributed by atoms with E-state index in [1.54, 1.807) is 0 Å². The first-order chi connectivity index (χ1) is 7.15. The van der Waals surface area contributed by atoms with Crippen LogP contribution in [0.4, 0.5) is 5.13 Å². The van der Waals surface area contributed by atoms with E-state index in [0.717, 1.165) is 22.8 Å². The van der Waals surface area contributed by atoms with Crippen molar-refractivity contribution in [1.82, 2.24) is 9.36 Å². The van der Waals surface area contributed by atoms with Crippen molar-refractivity contribution in [2.45, 2.75) is 46.1 Å².